The molecule has 0 saturated heterocycles. The van der Waals surface area contributed by atoms with E-state index in [1.165, 1.54) is 69.8 Å². The van der Waals surface area contributed by atoms with Crippen LogP contribution in [0.4, 0.5) is 4.39 Å². The van der Waals surface area contributed by atoms with Gasteiger partial charge in [-0.1, -0.05) is 107 Å². The summed E-state index contributed by atoms with van der Waals surface area (Å²) in [6.07, 6.45) is 16.7. The van der Waals surface area contributed by atoms with Gasteiger partial charge in [-0.2, -0.15) is 0 Å². The Morgan fingerprint density at radius 3 is 2.00 bits per heavy atom. The maximum atomic E-state index is 15.3. The molecule has 33 heavy (non-hydrogen) atoms. The highest BCUT2D eigenvalue weighted by Crippen LogP contribution is 2.42. The SMILES string of the molecule is CCCC1CCC(c2ccc(-c3ccc(CCC4CCC(CC)CC4)cc3)c(F)c2Cl)CC1. The van der Waals surface area contributed by atoms with Crippen LogP contribution in [0.2, 0.25) is 5.02 Å². The molecule has 0 atom stereocenters. The highest BCUT2D eigenvalue weighted by molar-refractivity contribution is 6.32. The minimum absolute atomic E-state index is 0.245. The number of hydrogen-bond donors (Lipinski definition) is 0. The van der Waals surface area contributed by atoms with Crippen LogP contribution < -0.4 is 0 Å². The van der Waals surface area contributed by atoms with Crippen molar-refractivity contribution in [1.82, 2.24) is 0 Å². The normalized spacial score (nSPS) is 25.8. The Morgan fingerprint density at radius 1 is 0.758 bits per heavy atom. The highest BCUT2D eigenvalue weighted by atomic mass is 35.5. The van der Waals surface area contributed by atoms with Crippen LogP contribution in [0.5, 0.6) is 0 Å². The van der Waals surface area contributed by atoms with E-state index in [9.17, 15) is 0 Å². The first-order valence-electron chi connectivity index (χ1n) is 13.7. The standard InChI is InChI=1S/C31H42ClF/c1-3-5-23-12-16-26(17-13-23)28-20-21-29(31(33)30(28)32)27-18-14-25(15-19-27)11-10-24-8-6-22(4-2)7-9-24/h14-15,18-24,26H,3-13,16-17H2,1-2H3. The van der Waals surface area contributed by atoms with Gasteiger partial charge in [0.05, 0.1) is 5.02 Å². The summed E-state index contributed by atoms with van der Waals surface area (Å²) in [6.45, 7) is 4.59. The summed E-state index contributed by atoms with van der Waals surface area (Å²) < 4.78 is 15.3. The summed E-state index contributed by atoms with van der Waals surface area (Å²) >= 11 is 6.59. The van der Waals surface area contributed by atoms with E-state index in [-0.39, 0.29) is 5.82 Å². The number of rotatable bonds is 8. The molecule has 0 unspecified atom stereocenters. The summed E-state index contributed by atoms with van der Waals surface area (Å²) in [5.74, 6) is 2.85. The largest absolute Gasteiger partial charge is 0.205 e. The molecule has 2 saturated carbocycles. The van der Waals surface area contributed by atoms with Crippen molar-refractivity contribution in [3.8, 4) is 11.1 Å². The second kappa shape index (κ2) is 11.9. The molecule has 0 N–H and O–H groups in total. The highest BCUT2D eigenvalue weighted by Gasteiger charge is 2.25. The maximum Gasteiger partial charge on any atom is 0.149 e. The molecule has 0 bridgehead atoms. The zero-order valence-electron chi connectivity index (χ0n) is 20.7. The number of halogens is 2. The Hall–Kier alpha value is -1.34. The fourth-order valence-corrected chi connectivity index (χ4v) is 6.74. The van der Waals surface area contributed by atoms with E-state index in [1.54, 1.807) is 0 Å². The van der Waals surface area contributed by atoms with Crippen LogP contribution in [0.15, 0.2) is 36.4 Å². The van der Waals surface area contributed by atoms with Gasteiger partial charge in [0.25, 0.3) is 0 Å². The van der Waals surface area contributed by atoms with Gasteiger partial charge in [0.1, 0.15) is 5.82 Å². The summed E-state index contributed by atoms with van der Waals surface area (Å²) in [6, 6.07) is 12.6. The molecular formula is C31H42ClF. The summed E-state index contributed by atoms with van der Waals surface area (Å²) in [5.41, 5.74) is 3.94. The first kappa shape index (κ1) is 24.8. The van der Waals surface area contributed by atoms with Crippen molar-refractivity contribution in [3.05, 3.63) is 58.4 Å². The minimum Gasteiger partial charge on any atom is -0.205 e. The second-order valence-electron chi connectivity index (χ2n) is 10.9. The third-order valence-corrected chi connectivity index (χ3v) is 9.13. The van der Waals surface area contributed by atoms with Crippen molar-refractivity contribution in [3.63, 3.8) is 0 Å². The van der Waals surface area contributed by atoms with Crippen LogP contribution in [0.1, 0.15) is 108 Å². The quantitative estimate of drug-likeness (QED) is 0.361. The van der Waals surface area contributed by atoms with E-state index in [0.29, 0.717) is 16.5 Å². The molecule has 0 radical (unpaired) electrons. The molecule has 2 heteroatoms. The monoisotopic (exact) mass is 468 g/mol. The predicted octanol–water partition coefficient (Wildman–Crippen LogP) is 10.4. The Kier molecular flexibility index (Phi) is 8.91. The molecule has 0 heterocycles. The van der Waals surface area contributed by atoms with Crippen molar-refractivity contribution in [2.45, 2.75) is 103 Å². The first-order valence-corrected chi connectivity index (χ1v) is 14.0. The van der Waals surface area contributed by atoms with E-state index in [4.69, 9.17) is 11.6 Å². The van der Waals surface area contributed by atoms with Crippen molar-refractivity contribution in [2.75, 3.05) is 0 Å². The molecule has 4 rings (SSSR count). The van der Waals surface area contributed by atoms with E-state index < -0.39 is 0 Å². The Balaban J connectivity index is 1.36. The van der Waals surface area contributed by atoms with Crippen LogP contribution in [0.25, 0.3) is 11.1 Å². The van der Waals surface area contributed by atoms with Gasteiger partial charge in [-0.15, -0.1) is 0 Å². The molecule has 0 amide bonds. The lowest BCUT2D eigenvalue weighted by atomic mass is 9.77. The zero-order valence-corrected chi connectivity index (χ0v) is 21.5. The van der Waals surface area contributed by atoms with Gasteiger partial charge in [0.2, 0.25) is 0 Å². The fourth-order valence-electron chi connectivity index (χ4n) is 6.42. The third-order valence-electron chi connectivity index (χ3n) is 8.75. The molecule has 0 spiro atoms. The number of aryl methyl sites for hydroxylation is 1. The van der Waals surface area contributed by atoms with E-state index in [2.05, 4.69) is 44.2 Å². The Morgan fingerprint density at radius 2 is 1.36 bits per heavy atom. The molecule has 2 aliphatic carbocycles. The summed E-state index contributed by atoms with van der Waals surface area (Å²) in [4.78, 5) is 0. The predicted molar refractivity (Wildman–Crippen MR) is 141 cm³/mol. The van der Waals surface area contributed by atoms with Gasteiger partial charge in [0.15, 0.2) is 0 Å². The van der Waals surface area contributed by atoms with Crippen LogP contribution in [0.3, 0.4) is 0 Å². The van der Waals surface area contributed by atoms with Gasteiger partial charge in [-0.25, -0.2) is 4.39 Å². The minimum atomic E-state index is -0.245. The van der Waals surface area contributed by atoms with Crippen molar-refractivity contribution in [2.24, 2.45) is 17.8 Å². The van der Waals surface area contributed by atoms with Gasteiger partial charge in [0, 0.05) is 5.56 Å². The van der Waals surface area contributed by atoms with Crippen LogP contribution in [0, 0.1) is 23.6 Å². The van der Waals surface area contributed by atoms with Crippen LogP contribution in [-0.4, -0.2) is 0 Å². The average molecular weight is 469 g/mol. The average Bonchev–Trinajstić information content (AvgIpc) is 2.86. The molecule has 2 aromatic carbocycles. The van der Waals surface area contributed by atoms with E-state index in [0.717, 1.165) is 48.1 Å². The lowest BCUT2D eigenvalue weighted by Gasteiger charge is -2.29. The second-order valence-corrected chi connectivity index (χ2v) is 11.2. The molecule has 0 nitrogen and oxygen atoms in total. The number of hydrogen-bond acceptors (Lipinski definition) is 0. The Labute approximate surface area is 206 Å². The van der Waals surface area contributed by atoms with E-state index in [1.807, 2.05) is 6.07 Å². The smallest absolute Gasteiger partial charge is 0.149 e. The topological polar surface area (TPSA) is 0 Å². The van der Waals surface area contributed by atoms with Crippen molar-refractivity contribution >= 4 is 11.6 Å². The van der Waals surface area contributed by atoms with E-state index >= 15 is 4.39 Å². The fraction of sp³-hybridized carbons (Fsp3) is 0.613. The molecule has 2 fully saturated rings. The molecule has 2 aliphatic rings. The zero-order chi connectivity index (χ0) is 23.2. The molecule has 2 aromatic rings. The molecule has 180 valence electrons. The summed E-state index contributed by atoms with van der Waals surface area (Å²) in [7, 11) is 0. The maximum absolute atomic E-state index is 15.3. The van der Waals surface area contributed by atoms with Gasteiger partial charge < -0.3 is 0 Å². The van der Waals surface area contributed by atoms with Gasteiger partial charge in [-0.05, 0) is 78.9 Å². The summed E-state index contributed by atoms with van der Waals surface area (Å²) in [5, 5.41) is 0.346. The number of benzene rings is 2. The molecular weight excluding hydrogens is 427 g/mol. The van der Waals surface area contributed by atoms with Gasteiger partial charge >= 0.3 is 0 Å². The Bertz CT molecular complexity index is 871. The molecule has 0 aromatic heterocycles. The van der Waals surface area contributed by atoms with Gasteiger partial charge in [-0.3, -0.25) is 0 Å². The third kappa shape index (κ3) is 6.21. The molecule has 0 aliphatic heterocycles. The first-order chi connectivity index (χ1) is 16.1. The van der Waals surface area contributed by atoms with Crippen LogP contribution >= 0.6 is 11.6 Å². The van der Waals surface area contributed by atoms with Crippen molar-refractivity contribution < 1.29 is 4.39 Å². The van der Waals surface area contributed by atoms with Crippen LogP contribution in [-0.2, 0) is 6.42 Å². The lowest BCUT2D eigenvalue weighted by molar-refractivity contribution is 0.259. The van der Waals surface area contributed by atoms with Crippen molar-refractivity contribution in [1.29, 1.82) is 0 Å². The lowest BCUT2D eigenvalue weighted by Crippen LogP contribution is -2.14.